The van der Waals surface area contributed by atoms with Crippen LogP contribution in [0.4, 0.5) is 0 Å². The van der Waals surface area contributed by atoms with Gasteiger partial charge in [0.1, 0.15) is 0 Å². The second-order valence-corrected chi connectivity index (χ2v) is 6.26. The lowest BCUT2D eigenvalue weighted by Gasteiger charge is -2.28. The Balaban J connectivity index is 2.10. The molecule has 19 heavy (non-hydrogen) atoms. The van der Waals surface area contributed by atoms with Crippen molar-refractivity contribution in [2.75, 3.05) is 33.9 Å². The minimum Gasteiger partial charge on any atom is -0.381 e. The standard InChI is InChI=1S/C13H23BrN4O/c1-17(2)5-6-18-13(11(14)8-16-18)12(15)10-4-3-7-19-9-10/h8,10,12H,3-7,9,15H2,1-2H3. The number of likely N-dealkylation sites (N-methyl/N-ethyl adjacent to an activating group) is 1. The van der Waals surface area contributed by atoms with Crippen molar-refractivity contribution in [3.63, 3.8) is 0 Å². The number of hydrogen-bond donors (Lipinski definition) is 1. The molecule has 0 saturated carbocycles. The van der Waals surface area contributed by atoms with Crippen LogP contribution in [0.1, 0.15) is 24.6 Å². The van der Waals surface area contributed by atoms with Crippen LogP contribution in [0.25, 0.3) is 0 Å². The van der Waals surface area contributed by atoms with E-state index < -0.39 is 0 Å². The third kappa shape index (κ3) is 3.78. The van der Waals surface area contributed by atoms with Gasteiger partial charge in [0.05, 0.1) is 35.6 Å². The summed E-state index contributed by atoms with van der Waals surface area (Å²) < 4.78 is 8.57. The van der Waals surface area contributed by atoms with Crippen LogP contribution in [-0.2, 0) is 11.3 Å². The second-order valence-electron chi connectivity index (χ2n) is 5.41. The van der Waals surface area contributed by atoms with Gasteiger partial charge in [-0.15, -0.1) is 0 Å². The first kappa shape index (κ1) is 15.0. The molecule has 1 aromatic heterocycles. The average molecular weight is 331 g/mol. The van der Waals surface area contributed by atoms with Crippen molar-refractivity contribution in [1.29, 1.82) is 0 Å². The molecule has 0 spiro atoms. The van der Waals surface area contributed by atoms with Crippen LogP contribution < -0.4 is 5.73 Å². The normalized spacial score (nSPS) is 21.8. The van der Waals surface area contributed by atoms with Crippen molar-refractivity contribution >= 4 is 15.9 Å². The van der Waals surface area contributed by atoms with Gasteiger partial charge in [-0.1, -0.05) is 0 Å². The maximum atomic E-state index is 6.44. The molecule has 5 nitrogen and oxygen atoms in total. The molecule has 0 radical (unpaired) electrons. The predicted octanol–water partition coefficient (Wildman–Crippen LogP) is 1.63. The molecule has 2 rings (SSSR count). The zero-order valence-corrected chi connectivity index (χ0v) is 13.3. The summed E-state index contributed by atoms with van der Waals surface area (Å²) in [5.74, 6) is 0.389. The van der Waals surface area contributed by atoms with E-state index in [0.29, 0.717) is 5.92 Å². The maximum Gasteiger partial charge on any atom is 0.0697 e. The van der Waals surface area contributed by atoms with Crippen LogP contribution in [0.5, 0.6) is 0 Å². The molecule has 1 saturated heterocycles. The van der Waals surface area contributed by atoms with Gasteiger partial charge in [0, 0.05) is 19.1 Å². The summed E-state index contributed by atoms with van der Waals surface area (Å²) in [7, 11) is 4.13. The Hall–Kier alpha value is -0.430. The summed E-state index contributed by atoms with van der Waals surface area (Å²) in [6.07, 6.45) is 4.07. The van der Waals surface area contributed by atoms with E-state index in [1.165, 1.54) is 0 Å². The lowest BCUT2D eigenvalue weighted by Crippen LogP contribution is -2.32. The lowest BCUT2D eigenvalue weighted by molar-refractivity contribution is 0.0435. The van der Waals surface area contributed by atoms with Crippen molar-refractivity contribution in [2.45, 2.75) is 25.4 Å². The van der Waals surface area contributed by atoms with Crippen LogP contribution in [0, 0.1) is 5.92 Å². The van der Waals surface area contributed by atoms with Gasteiger partial charge in [-0.05, 0) is 42.9 Å². The highest BCUT2D eigenvalue weighted by Crippen LogP contribution is 2.31. The van der Waals surface area contributed by atoms with Crippen LogP contribution >= 0.6 is 15.9 Å². The highest BCUT2D eigenvalue weighted by atomic mass is 79.9. The Labute approximate surface area is 123 Å². The van der Waals surface area contributed by atoms with E-state index in [-0.39, 0.29) is 6.04 Å². The Morgan fingerprint density at radius 3 is 3.05 bits per heavy atom. The van der Waals surface area contributed by atoms with E-state index >= 15 is 0 Å². The number of nitrogens with zero attached hydrogens (tertiary/aromatic N) is 3. The van der Waals surface area contributed by atoms with Gasteiger partial charge in [-0.2, -0.15) is 5.10 Å². The Morgan fingerprint density at radius 1 is 1.63 bits per heavy atom. The fourth-order valence-corrected chi connectivity index (χ4v) is 3.01. The van der Waals surface area contributed by atoms with E-state index in [0.717, 1.165) is 49.3 Å². The number of halogens is 1. The minimum absolute atomic E-state index is 0.0145. The van der Waals surface area contributed by atoms with Gasteiger partial charge < -0.3 is 15.4 Å². The molecular weight excluding hydrogens is 308 g/mol. The lowest BCUT2D eigenvalue weighted by atomic mass is 9.92. The van der Waals surface area contributed by atoms with E-state index in [9.17, 15) is 0 Å². The molecule has 2 atom stereocenters. The molecule has 2 unspecified atom stereocenters. The van der Waals surface area contributed by atoms with E-state index in [2.05, 4.69) is 40.0 Å². The van der Waals surface area contributed by atoms with Crippen LogP contribution in [0.2, 0.25) is 0 Å². The fraction of sp³-hybridized carbons (Fsp3) is 0.769. The van der Waals surface area contributed by atoms with E-state index in [4.69, 9.17) is 10.5 Å². The molecule has 6 heteroatoms. The largest absolute Gasteiger partial charge is 0.381 e. The van der Waals surface area contributed by atoms with Crippen molar-refractivity contribution in [1.82, 2.24) is 14.7 Å². The molecule has 1 aliphatic rings. The van der Waals surface area contributed by atoms with Gasteiger partial charge in [-0.3, -0.25) is 4.68 Å². The van der Waals surface area contributed by atoms with Crippen molar-refractivity contribution < 1.29 is 4.74 Å². The van der Waals surface area contributed by atoms with Crippen molar-refractivity contribution in [3.05, 3.63) is 16.4 Å². The van der Waals surface area contributed by atoms with Crippen LogP contribution in [-0.4, -0.2) is 48.5 Å². The number of rotatable bonds is 5. The summed E-state index contributed by atoms with van der Waals surface area (Å²) >= 11 is 3.57. The average Bonchev–Trinajstić information content (AvgIpc) is 2.78. The van der Waals surface area contributed by atoms with E-state index in [1.807, 2.05) is 10.9 Å². The first-order valence-electron chi connectivity index (χ1n) is 6.79. The number of aromatic nitrogens is 2. The number of hydrogen-bond acceptors (Lipinski definition) is 4. The zero-order valence-electron chi connectivity index (χ0n) is 11.7. The molecule has 1 fully saturated rings. The van der Waals surface area contributed by atoms with Gasteiger partial charge >= 0.3 is 0 Å². The third-order valence-corrected chi connectivity index (χ3v) is 4.22. The topological polar surface area (TPSA) is 56.3 Å². The second kappa shape index (κ2) is 6.83. The molecule has 0 aromatic carbocycles. The van der Waals surface area contributed by atoms with Gasteiger partial charge in [-0.25, -0.2) is 0 Å². The van der Waals surface area contributed by atoms with E-state index in [1.54, 1.807) is 0 Å². The summed E-state index contributed by atoms with van der Waals surface area (Å²) in [6, 6.07) is -0.0145. The molecule has 2 N–H and O–H groups in total. The van der Waals surface area contributed by atoms with Crippen molar-refractivity contribution in [3.8, 4) is 0 Å². The molecule has 1 aliphatic heterocycles. The summed E-state index contributed by atoms with van der Waals surface area (Å²) in [5.41, 5.74) is 7.53. The Morgan fingerprint density at radius 2 is 2.42 bits per heavy atom. The monoisotopic (exact) mass is 330 g/mol. The van der Waals surface area contributed by atoms with Crippen molar-refractivity contribution in [2.24, 2.45) is 11.7 Å². The predicted molar refractivity (Wildman–Crippen MR) is 79.0 cm³/mol. The Bertz CT molecular complexity index is 401. The summed E-state index contributed by atoms with van der Waals surface area (Å²) in [6.45, 7) is 3.43. The van der Waals surface area contributed by atoms with Crippen LogP contribution in [0.15, 0.2) is 10.7 Å². The molecule has 2 heterocycles. The molecule has 0 aliphatic carbocycles. The molecule has 108 valence electrons. The maximum absolute atomic E-state index is 6.44. The van der Waals surface area contributed by atoms with Gasteiger partial charge in [0.25, 0.3) is 0 Å². The fourth-order valence-electron chi connectivity index (χ4n) is 2.45. The Kier molecular flexibility index (Phi) is 5.38. The molecule has 0 amide bonds. The van der Waals surface area contributed by atoms with Gasteiger partial charge in [0.2, 0.25) is 0 Å². The quantitative estimate of drug-likeness (QED) is 0.891. The molecule has 1 aromatic rings. The highest BCUT2D eigenvalue weighted by molar-refractivity contribution is 9.10. The summed E-state index contributed by atoms with van der Waals surface area (Å²) in [4.78, 5) is 2.15. The molecular formula is C13H23BrN4O. The summed E-state index contributed by atoms with van der Waals surface area (Å²) in [5, 5.41) is 4.43. The first-order chi connectivity index (χ1) is 9.09. The van der Waals surface area contributed by atoms with Crippen LogP contribution in [0.3, 0.4) is 0 Å². The smallest absolute Gasteiger partial charge is 0.0697 e. The third-order valence-electron chi connectivity index (χ3n) is 3.61. The number of ether oxygens (including phenoxy) is 1. The minimum atomic E-state index is -0.0145. The highest BCUT2D eigenvalue weighted by Gasteiger charge is 2.27. The first-order valence-corrected chi connectivity index (χ1v) is 7.58. The van der Waals surface area contributed by atoms with Gasteiger partial charge in [0.15, 0.2) is 0 Å². The zero-order chi connectivity index (χ0) is 13.8. The molecule has 0 bridgehead atoms. The number of nitrogens with two attached hydrogens (primary N) is 1. The SMILES string of the molecule is CN(C)CCn1ncc(Br)c1C(N)C1CCCOC1.